The van der Waals surface area contributed by atoms with Gasteiger partial charge in [0.15, 0.2) is 22.6 Å². The average molecular weight is 1960 g/mol. The van der Waals surface area contributed by atoms with E-state index in [1.165, 1.54) is 69.2 Å². The maximum Gasteiger partial charge on any atom is 1.00 e. The van der Waals surface area contributed by atoms with E-state index in [9.17, 15) is 88.5 Å². The van der Waals surface area contributed by atoms with Crippen LogP contribution in [0.25, 0.3) is 0 Å². The number of rotatable bonds is 7. The number of allylic oxidation sites excluding steroid dienone is 3. The van der Waals surface area contributed by atoms with Gasteiger partial charge in [-0.25, -0.2) is 14.4 Å². The molecule has 3 radical (unpaired) electrons. The summed E-state index contributed by atoms with van der Waals surface area (Å²) in [6.45, 7) is 51.7. The second kappa shape index (κ2) is 33.9. The van der Waals surface area contributed by atoms with Crippen LogP contribution in [0, 0.1) is 209 Å². The number of aliphatic hydroxyl groups excluding tert-OH is 5. The number of hydrogen-bond acceptors (Lipinski definition) is 32. The van der Waals surface area contributed by atoms with Gasteiger partial charge in [-0.15, -0.1) is 0 Å². The molecule has 0 aromatic carbocycles. The smallest absolute Gasteiger partial charge is 1.00 e. The zero-order valence-corrected chi connectivity index (χ0v) is 88.2. The Morgan fingerprint density at radius 1 is 0.338 bits per heavy atom. The SMILES string of the molecule is CC(=O)O[C@@H]1[C@H]2[C@H]3C([C@H](C)[C@H](C)[C@]2(C)[C@@H]2[C@@H]1[C@]1(C)C(=C[C@H]2C)OC(=O)[C@@]1(C)O)[C@]1(C)[C@H](C[C@@H]2O[C@@H]2[C@@H]1OC(C)=O)C(=O)[C@@H]3O.CC(=O)O[C@@H]1[C@H]2[C@H]3C([C@H](C)[C@H](C)[C@]2(C)[C@@H]2[C@@H]1[C@]1(C)C(=C[C@H]2C)OC(=O)[C@@]1(C)O)[C@]1(C)[C@H](C[C@@H]2O[C@@H]2[C@@H]1OC(C)=O)[C@H](O)[C@@H]3O.CC(=O)O[C@@H]1[C@H]2[C@H]3C([C@H](C)[C@H](C)[C@]2(C)[C@@H]2[C@@H]1[C@]1(C)C(=C[C@H]2C)OC(=O)[C@@]1(C)O)[C@]1(C)[C@H](C[C@@H]2O[C@@H]2[C@@H]1OC(C)=O)[C@H](OC(C)=O)[C@@H]3O.CO.[B].[H-].[Na+]. The molecule has 0 amide bonds. The Morgan fingerprint density at radius 3 is 0.921 bits per heavy atom. The van der Waals surface area contributed by atoms with Crippen molar-refractivity contribution in [2.75, 3.05) is 7.11 Å². The topological polar surface area (TPSA) is 480 Å². The number of epoxide rings is 3. The van der Waals surface area contributed by atoms with Crippen LogP contribution in [0.5, 0.6) is 0 Å². The van der Waals surface area contributed by atoms with Crippen LogP contribution in [0.1, 0.15) is 215 Å². The van der Waals surface area contributed by atoms with E-state index in [0.717, 1.165) is 7.11 Å². The van der Waals surface area contributed by atoms with E-state index in [1.54, 1.807) is 0 Å². The zero-order chi connectivity index (χ0) is 101. The minimum atomic E-state index is -1.90. The molecule has 0 bridgehead atoms. The molecule has 0 aromatic rings. The molecule has 32 nitrogen and oxygen atoms in total. The first kappa shape index (κ1) is 106. The van der Waals surface area contributed by atoms with Crippen molar-refractivity contribution in [1.29, 1.82) is 0 Å². The molecule has 18 fully saturated rings. The summed E-state index contributed by atoms with van der Waals surface area (Å²) in [4.78, 5) is 143. The third-order valence-electron chi connectivity index (χ3n) is 44.3. The Labute approximate surface area is 839 Å². The van der Waals surface area contributed by atoms with Gasteiger partial charge in [0.05, 0.1) is 52.9 Å². The molecule has 139 heavy (non-hydrogen) atoms. The first-order valence-corrected chi connectivity index (χ1v) is 50.3. The molecule has 8 N–H and O–H groups in total. The Hall–Kier alpha value is -5.79. The van der Waals surface area contributed by atoms with Crippen LogP contribution in [-0.2, 0) is 114 Å². The molecule has 6 heterocycles. The van der Waals surface area contributed by atoms with E-state index in [0.29, 0.717) is 36.5 Å². The van der Waals surface area contributed by atoms with Crippen LogP contribution in [0.4, 0.5) is 0 Å². The molecular formula is C105H149BNaO32. The predicted molar refractivity (Wildman–Crippen MR) is 485 cm³/mol. The van der Waals surface area contributed by atoms with E-state index >= 15 is 0 Å². The van der Waals surface area contributed by atoms with Crippen LogP contribution in [-0.4, -0.2) is 242 Å². The number of carbonyl (C=O) groups is 11. The van der Waals surface area contributed by atoms with Crippen LogP contribution in [0.15, 0.2) is 35.5 Å². The average Bonchev–Trinajstić information content (AvgIpc) is 1.49. The fourth-order valence-electron chi connectivity index (χ4n) is 38.1. The molecule has 6 aliphatic heterocycles. The van der Waals surface area contributed by atoms with Gasteiger partial charge in [-0.1, -0.05) is 104 Å². The minimum absolute atomic E-state index is 0. The first-order valence-electron chi connectivity index (χ1n) is 50.3. The fourth-order valence-corrected chi connectivity index (χ4v) is 38.1. The second-order valence-electron chi connectivity index (χ2n) is 48.9. The van der Waals surface area contributed by atoms with Gasteiger partial charge in [0, 0.05) is 133 Å². The number of aliphatic hydroxyl groups is 8. The second-order valence-corrected chi connectivity index (χ2v) is 48.9. The molecule has 3 unspecified atom stereocenters. The van der Waals surface area contributed by atoms with Gasteiger partial charge >= 0.3 is 89.3 Å². The van der Waals surface area contributed by atoms with Gasteiger partial charge in [-0.05, 0) is 202 Å². The number of ketones is 1. The van der Waals surface area contributed by atoms with E-state index < -0.39 is 252 Å². The van der Waals surface area contributed by atoms with Gasteiger partial charge in [0.1, 0.15) is 84.4 Å². The summed E-state index contributed by atoms with van der Waals surface area (Å²) in [5.74, 6) is -12.3. The van der Waals surface area contributed by atoms with Gasteiger partial charge in [-0.3, -0.25) is 38.4 Å². The summed E-state index contributed by atoms with van der Waals surface area (Å²) in [6.07, 6.45) is -3.94. The van der Waals surface area contributed by atoms with E-state index in [4.69, 9.17) is 66.7 Å². The molecule has 12 saturated carbocycles. The number of fused-ring (bicyclic) bond motifs is 30. The summed E-state index contributed by atoms with van der Waals surface area (Å²) in [5.41, 5.74) is -13.3. The normalized spacial score (nSPS) is 56.6. The quantitative estimate of drug-likeness (QED) is 0.0722. The van der Waals surface area contributed by atoms with Crippen LogP contribution in [0.2, 0.25) is 0 Å². The monoisotopic (exact) mass is 1960 g/mol. The summed E-state index contributed by atoms with van der Waals surface area (Å²) in [6, 6.07) is 0. The van der Waals surface area contributed by atoms with Crippen molar-refractivity contribution >= 4 is 73.9 Å². The van der Waals surface area contributed by atoms with E-state index in [1.807, 2.05) is 45.9 Å². The minimum Gasteiger partial charge on any atom is -1.00 e. The van der Waals surface area contributed by atoms with Gasteiger partial charge in [-0.2, -0.15) is 0 Å². The molecule has 0 aromatic heterocycles. The fraction of sp³-hybridized carbons (Fsp3) is 0.838. The molecule has 765 valence electrons. The standard InChI is InChI=1S/C36H50O11.C34H48O10.C34H46O10.CH4O.B.Na.H/c1-13-11-21-35(9,36(10,42)32(41)47-21)26-23(13)33(7)15(3)14(2)24-22(25(33)30(26)44-17(5)38)27(40)28(43-16(4)37)19-12-20-29(46-20)31(34(19,24)8)45-18(6)39;2*1-12-10-19-33(8,34(9,40)30(39)44-19)24-21(12)31(6)14(3)13(2)22-20(23(31)28(24)41-15(4)35)26(38)25(37)17-11-18-27(43-18)29(32(17,22)7)42-16(5)36;1-2;;;/h11,13-15,19-20,22-31,40,42H,12H2,1-10H3;10,12-14,17-18,20-29,37-38,40H,11H2,1-9H3;10,12-14,17-18,20-24,26-29,38,40H,11H2,1-9H3;2H,1H3;;;/q;;;;;+1;-1/t13-,14-,15+,19-,20+,22-,23+,24?,25-,26+,27-,28+,29+,30-,31+,33-,34+,35+,36-;12-,13-,14+,17-,18+,20-,21+,22?,23-,24+,25+,26-,27+,28-,29+,31-,32+,33+,34-;12-,13-,14+,17-,18+,20-,21+,22?,23-,24+,26-,27+,28-,29+,31-,32+,33+,34-;;;;/m111..../s1. The molecule has 15 aliphatic carbocycles. The maximum atomic E-state index is 14.3. The van der Waals surface area contributed by atoms with Crippen molar-refractivity contribution in [3.05, 3.63) is 35.5 Å². The van der Waals surface area contributed by atoms with Crippen molar-refractivity contribution in [3.63, 3.8) is 0 Å². The summed E-state index contributed by atoms with van der Waals surface area (Å²) >= 11 is 0. The Balaban J connectivity index is 0.000000156. The van der Waals surface area contributed by atoms with Crippen molar-refractivity contribution < 1.29 is 186 Å². The Morgan fingerprint density at radius 2 is 0.604 bits per heavy atom. The zero-order valence-electron chi connectivity index (χ0n) is 87.2. The van der Waals surface area contributed by atoms with Crippen LogP contribution in [0.3, 0.4) is 0 Å². The van der Waals surface area contributed by atoms with E-state index in [2.05, 4.69) is 96.9 Å². The molecule has 0 spiro atoms. The summed E-state index contributed by atoms with van der Waals surface area (Å²) in [5, 5.41) is 91.4. The summed E-state index contributed by atoms with van der Waals surface area (Å²) in [7, 11) is 1.00. The molecule has 21 rings (SSSR count). The number of ether oxygens (including phenoxy) is 13. The number of hydrogen-bond donors (Lipinski definition) is 8. The van der Waals surface area contributed by atoms with E-state index in [-0.39, 0.29) is 182 Å². The first-order chi connectivity index (χ1) is 63.5. The molecular weight excluding hydrogens is 1810 g/mol. The molecule has 6 saturated heterocycles. The van der Waals surface area contributed by atoms with Gasteiger partial charge < -0.3 is 104 Å². The predicted octanol–water partition coefficient (Wildman–Crippen LogP) is 4.96. The summed E-state index contributed by atoms with van der Waals surface area (Å²) < 4.78 is 78.5. The van der Waals surface area contributed by atoms with Crippen molar-refractivity contribution in [2.45, 2.75) is 334 Å². The van der Waals surface area contributed by atoms with Crippen LogP contribution >= 0.6 is 0 Å². The molecule has 21 aliphatic rings. The largest absolute Gasteiger partial charge is 1.00 e. The third kappa shape index (κ3) is 13.4. The molecule has 34 heteroatoms. The maximum absolute atomic E-state index is 14.3. The number of Topliss-reactive ketones (excluding diaryl/α,β-unsaturated/α-hetero) is 1. The van der Waals surface area contributed by atoms with Crippen molar-refractivity contribution in [1.82, 2.24) is 0 Å². The Kier molecular flexibility index (Phi) is 25.8. The van der Waals surface area contributed by atoms with Gasteiger partial charge in [0.2, 0.25) is 0 Å². The van der Waals surface area contributed by atoms with Crippen molar-refractivity contribution in [3.8, 4) is 0 Å². The van der Waals surface area contributed by atoms with Crippen LogP contribution < -0.4 is 29.6 Å². The third-order valence-corrected chi connectivity index (χ3v) is 44.3. The van der Waals surface area contributed by atoms with Gasteiger partial charge in [0.25, 0.3) is 0 Å². The number of esters is 10. The van der Waals surface area contributed by atoms with Crippen molar-refractivity contribution in [2.24, 2.45) is 209 Å². The molecule has 56 atom stereocenters. The Bertz CT molecular complexity index is 5190. The number of carbonyl (C=O) groups excluding carboxylic acids is 11.